The Bertz CT molecular complexity index is 275. The third-order valence-electron chi connectivity index (χ3n) is 5.55. The molecule has 0 radical (unpaired) electrons. The molecular formula is C18H36N2. The topological polar surface area (TPSA) is 15.3 Å². The van der Waals surface area contributed by atoms with E-state index in [0.29, 0.717) is 5.41 Å². The molecule has 2 rings (SSSR count). The Morgan fingerprint density at radius 2 is 1.80 bits per heavy atom. The molecule has 1 aliphatic heterocycles. The van der Waals surface area contributed by atoms with Crippen molar-refractivity contribution in [3.05, 3.63) is 0 Å². The summed E-state index contributed by atoms with van der Waals surface area (Å²) in [6.07, 6.45) is 11.4. The van der Waals surface area contributed by atoms with Gasteiger partial charge in [-0.05, 0) is 63.1 Å². The molecule has 1 aliphatic carbocycles. The average Bonchev–Trinajstić information content (AvgIpc) is 2.71. The van der Waals surface area contributed by atoms with Crippen molar-refractivity contribution in [2.75, 3.05) is 26.2 Å². The van der Waals surface area contributed by atoms with Gasteiger partial charge in [0.2, 0.25) is 0 Å². The van der Waals surface area contributed by atoms with Crippen molar-refractivity contribution < 1.29 is 0 Å². The normalized spacial score (nSPS) is 32.5. The van der Waals surface area contributed by atoms with Gasteiger partial charge in [0.05, 0.1) is 0 Å². The van der Waals surface area contributed by atoms with E-state index in [1.165, 1.54) is 71.0 Å². The van der Waals surface area contributed by atoms with Crippen LogP contribution in [-0.2, 0) is 0 Å². The molecule has 0 aromatic carbocycles. The molecule has 2 heteroatoms. The summed E-state index contributed by atoms with van der Waals surface area (Å²) in [4.78, 5) is 2.77. The number of nitrogens with zero attached hydrogens (tertiary/aromatic N) is 1. The second kappa shape index (κ2) is 7.79. The van der Waals surface area contributed by atoms with E-state index in [1.54, 1.807) is 0 Å². The van der Waals surface area contributed by atoms with E-state index in [-0.39, 0.29) is 0 Å². The molecule has 1 saturated heterocycles. The van der Waals surface area contributed by atoms with Crippen LogP contribution >= 0.6 is 0 Å². The summed E-state index contributed by atoms with van der Waals surface area (Å²) in [6, 6.07) is 0.777. The highest BCUT2D eigenvalue weighted by Crippen LogP contribution is 2.31. The summed E-state index contributed by atoms with van der Waals surface area (Å²) in [7, 11) is 0. The van der Waals surface area contributed by atoms with Gasteiger partial charge in [0.15, 0.2) is 0 Å². The molecule has 1 saturated carbocycles. The molecule has 2 aliphatic rings. The second-order valence-corrected chi connectivity index (χ2v) is 7.88. The van der Waals surface area contributed by atoms with Crippen LogP contribution in [0, 0.1) is 11.3 Å². The van der Waals surface area contributed by atoms with Crippen molar-refractivity contribution >= 4 is 0 Å². The summed E-state index contributed by atoms with van der Waals surface area (Å²) in [5, 5.41) is 3.77. The van der Waals surface area contributed by atoms with Crippen LogP contribution in [0.1, 0.15) is 72.1 Å². The van der Waals surface area contributed by atoms with Crippen LogP contribution in [-0.4, -0.2) is 37.1 Å². The van der Waals surface area contributed by atoms with Gasteiger partial charge in [0.1, 0.15) is 0 Å². The fourth-order valence-electron chi connectivity index (χ4n) is 4.13. The third-order valence-corrected chi connectivity index (χ3v) is 5.55. The van der Waals surface area contributed by atoms with Gasteiger partial charge < -0.3 is 10.2 Å². The molecule has 1 heterocycles. The molecule has 2 fully saturated rings. The first-order chi connectivity index (χ1) is 9.61. The monoisotopic (exact) mass is 280 g/mol. The molecule has 2 nitrogen and oxygen atoms in total. The van der Waals surface area contributed by atoms with E-state index in [9.17, 15) is 0 Å². The molecule has 0 amide bonds. The molecule has 0 aromatic rings. The van der Waals surface area contributed by atoms with Gasteiger partial charge in [-0.15, -0.1) is 0 Å². The lowest BCUT2D eigenvalue weighted by Gasteiger charge is -2.31. The van der Waals surface area contributed by atoms with Crippen LogP contribution in [0.3, 0.4) is 0 Å². The smallest absolute Gasteiger partial charge is 0.0107 e. The van der Waals surface area contributed by atoms with Gasteiger partial charge in [0.25, 0.3) is 0 Å². The fraction of sp³-hybridized carbons (Fsp3) is 1.00. The lowest BCUT2D eigenvalue weighted by atomic mass is 9.85. The Morgan fingerprint density at radius 1 is 1.00 bits per heavy atom. The zero-order chi connectivity index (χ0) is 14.4. The Morgan fingerprint density at radius 3 is 2.60 bits per heavy atom. The second-order valence-electron chi connectivity index (χ2n) is 7.88. The maximum absolute atomic E-state index is 3.77. The maximum atomic E-state index is 3.77. The Kier molecular flexibility index (Phi) is 6.35. The maximum Gasteiger partial charge on any atom is 0.0107 e. The summed E-state index contributed by atoms with van der Waals surface area (Å²) in [6.45, 7) is 12.3. The van der Waals surface area contributed by atoms with Crippen molar-refractivity contribution in [1.82, 2.24) is 10.2 Å². The van der Waals surface area contributed by atoms with E-state index >= 15 is 0 Å². The lowest BCUT2D eigenvalue weighted by Crippen LogP contribution is -2.42. The zero-order valence-electron chi connectivity index (χ0n) is 14.1. The standard InChI is InChI=1S/C18H36N2/c1-4-19-17-10-7-5-6-9-16(17)15-20-13-8-11-18(2,3)12-14-20/h16-17,19H,4-15H2,1-3H3. The van der Waals surface area contributed by atoms with Crippen molar-refractivity contribution in [3.8, 4) is 0 Å². The Labute approximate surface area is 126 Å². The van der Waals surface area contributed by atoms with Crippen molar-refractivity contribution in [2.45, 2.75) is 78.2 Å². The van der Waals surface area contributed by atoms with Gasteiger partial charge in [-0.2, -0.15) is 0 Å². The highest BCUT2D eigenvalue weighted by atomic mass is 15.1. The van der Waals surface area contributed by atoms with Gasteiger partial charge in [-0.25, -0.2) is 0 Å². The zero-order valence-corrected chi connectivity index (χ0v) is 14.1. The van der Waals surface area contributed by atoms with Gasteiger partial charge in [-0.3, -0.25) is 0 Å². The molecule has 2 unspecified atom stereocenters. The predicted octanol–water partition coefficient (Wildman–Crippen LogP) is 4.06. The SMILES string of the molecule is CCNC1CCCCCC1CN1CCCC(C)(C)CC1. The molecule has 118 valence electrons. The van der Waals surface area contributed by atoms with Crippen LogP contribution < -0.4 is 5.32 Å². The quantitative estimate of drug-likeness (QED) is 0.781. The first-order valence-corrected chi connectivity index (χ1v) is 9.06. The van der Waals surface area contributed by atoms with E-state index in [1.807, 2.05) is 0 Å². The van der Waals surface area contributed by atoms with Crippen LogP contribution in [0.5, 0.6) is 0 Å². The first kappa shape index (κ1) is 16.3. The van der Waals surface area contributed by atoms with E-state index in [4.69, 9.17) is 0 Å². The summed E-state index contributed by atoms with van der Waals surface area (Å²) < 4.78 is 0. The van der Waals surface area contributed by atoms with E-state index in [0.717, 1.165) is 18.5 Å². The van der Waals surface area contributed by atoms with E-state index in [2.05, 4.69) is 31.0 Å². The van der Waals surface area contributed by atoms with E-state index < -0.39 is 0 Å². The number of hydrogen-bond acceptors (Lipinski definition) is 2. The number of likely N-dealkylation sites (tertiary alicyclic amines) is 1. The summed E-state index contributed by atoms with van der Waals surface area (Å²) in [5.41, 5.74) is 0.569. The minimum absolute atomic E-state index is 0.569. The van der Waals surface area contributed by atoms with Crippen molar-refractivity contribution in [2.24, 2.45) is 11.3 Å². The van der Waals surface area contributed by atoms with Crippen LogP contribution in [0.2, 0.25) is 0 Å². The Balaban J connectivity index is 1.88. The molecule has 0 aromatic heterocycles. The van der Waals surface area contributed by atoms with Crippen LogP contribution in [0.25, 0.3) is 0 Å². The lowest BCUT2D eigenvalue weighted by molar-refractivity contribution is 0.193. The minimum atomic E-state index is 0.569. The first-order valence-electron chi connectivity index (χ1n) is 9.06. The predicted molar refractivity (Wildman–Crippen MR) is 88.1 cm³/mol. The fourth-order valence-corrected chi connectivity index (χ4v) is 4.13. The van der Waals surface area contributed by atoms with Crippen LogP contribution in [0.4, 0.5) is 0 Å². The number of nitrogens with one attached hydrogen (secondary N) is 1. The van der Waals surface area contributed by atoms with Crippen molar-refractivity contribution in [1.29, 1.82) is 0 Å². The number of hydrogen-bond donors (Lipinski definition) is 1. The van der Waals surface area contributed by atoms with Crippen molar-refractivity contribution in [3.63, 3.8) is 0 Å². The highest BCUT2D eigenvalue weighted by molar-refractivity contribution is 4.84. The molecule has 2 atom stereocenters. The number of rotatable bonds is 4. The van der Waals surface area contributed by atoms with Crippen LogP contribution in [0.15, 0.2) is 0 Å². The summed E-state index contributed by atoms with van der Waals surface area (Å²) >= 11 is 0. The van der Waals surface area contributed by atoms with Gasteiger partial charge >= 0.3 is 0 Å². The molecule has 1 N–H and O–H groups in total. The minimum Gasteiger partial charge on any atom is -0.314 e. The Hall–Kier alpha value is -0.0800. The van der Waals surface area contributed by atoms with Gasteiger partial charge in [-0.1, -0.05) is 40.0 Å². The molecule has 20 heavy (non-hydrogen) atoms. The third kappa shape index (κ3) is 5.04. The summed E-state index contributed by atoms with van der Waals surface area (Å²) in [5.74, 6) is 0.888. The largest absolute Gasteiger partial charge is 0.314 e. The highest BCUT2D eigenvalue weighted by Gasteiger charge is 2.28. The molecule has 0 spiro atoms. The van der Waals surface area contributed by atoms with Gasteiger partial charge in [0, 0.05) is 12.6 Å². The molecule has 0 bridgehead atoms. The average molecular weight is 281 g/mol. The molecular weight excluding hydrogens is 244 g/mol.